The molecule has 0 saturated carbocycles. The molecule has 0 spiro atoms. The second kappa shape index (κ2) is 8.60. The smallest absolute Gasteiger partial charge is 0.256 e. The van der Waals surface area contributed by atoms with Crippen molar-refractivity contribution < 1.29 is 9.53 Å². The van der Waals surface area contributed by atoms with Crippen LogP contribution in [0.15, 0.2) is 85.1 Å². The SMILES string of the molecule is CC[C@]12CN3CC[C@H]1C[C@@H]3[C@H](c1ccnc3ccc(NC(=O)c4c5ccccc5cc5ccccc45)cc13)O2. The fourth-order valence-corrected chi connectivity index (χ4v) is 7.67. The predicted molar refractivity (Wildman–Crippen MR) is 156 cm³/mol. The fourth-order valence-electron chi connectivity index (χ4n) is 7.67. The average molecular weight is 514 g/mol. The molecule has 1 amide bonds. The van der Waals surface area contributed by atoms with Crippen LogP contribution in [0.2, 0.25) is 0 Å². The second-order valence-corrected chi connectivity index (χ2v) is 11.5. The van der Waals surface area contributed by atoms with Crippen LogP contribution in [-0.2, 0) is 4.74 Å². The fraction of sp³-hybridized carbons (Fsp3) is 0.294. The van der Waals surface area contributed by atoms with Gasteiger partial charge in [0.2, 0.25) is 0 Å². The molecule has 4 bridgehead atoms. The first-order chi connectivity index (χ1) is 19.1. The summed E-state index contributed by atoms with van der Waals surface area (Å²) in [4.78, 5) is 21.2. The maximum atomic E-state index is 13.9. The Kier molecular flexibility index (Phi) is 5.10. The Balaban J connectivity index is 1.19. The van der Waals surface area contributed by atoms with Crippen molar-refractivity contribution in [3.05, 3.63) is 96.2 Å². The van der Waals surface area contributed by atoms with Crippen LogP contribution >= 0.6 is 0 Å². The number of hydrogen-bond donors (Lipinski definition) is 1. The molecule has 5 aliphatic heterocycles. The van der Waals surface area contributed by atoms with Gasteiger partial charge in [0.25, 0.3) is 5.91 Å². The largest absolute Gasteiger partial charge is 0.364 e. The minimum atomic E-state index is -0.103. The third kappa shape index (κ3) is 3.46. The van der Waals surface area contributed by atoms with Crippen LogP contribution < -0.4 is 5.32 Å². The molecule has 5 saturated heterocycles. The summed E-state index contributed by atoms with van der Waals surface area (Å²) in [5.41, 5.74) is 3.54. The number of rotatable bonds is 4. The zero-order valence-electron chi connectivity index (χ0n) is 22.1. The molecule has 0 aliphatic carbocycles. The van der Waals surface area contributed by atoms with Gasteiger partial charge >= 0.3 is 0 Å². The van der Waals surface area contributed by atoms with E-state index in [0.29, 0.717) is 17.5 Å². The summed E-state index contributed by atoms with van der Waals surface area (Å²) in [6.45, 7) is 4.49. The van der Waals surface area contributed by atoms with Crippen LogP contribution in [0, 0.1) is 5.92 Å². The number of anilines is 1. The summed E-state index contributed by atoms with van der Waals surface area (Å²) in [7, 11) is 0. The zero-order chi connectivity index (χ0) is 26.1. The first-order valence-electron chi connectivity index (χ1n) is 14.2. The first-order valence-corrected chi connectivity index (χ1v) is 14.2. The van der Waals surface area contributed by atoms with E-state index in [4.69, 9.17) is 4.74 Å². The number of morpholine rings is 1. The second-order valence-electron chi connectivity index (χ2n) is 11.5. The van der Waals surface area contributed by atoms with E-state index in [1.807, 2.05) is 54.7 Å². The number of nitrogens with one attached hydrogen (secondary N) is 1. The molecule has 5 atom stereocenters. The monoisotopic (exact) mass is 513 g/mol. The molecule has 5 nitrogen and oxygen atoms in total. The maximum absolute atomic E-state index is 13.9. The number of carbonyl (C=O) groups excluding carboxylic acids is 1. The molecule has 1 N–H and O–H groups in total. The molecule has 5 fully saturated rings. The van der Waals surface area contributed by atoms with Crippen molar-refractivity contribution in [3.8, 4) is 0 Å². The van der Waals surface area contributed by atoms with Crippen LogP contribution in [0.5, 0.6) is 0 Å². The van der Waals surface area contributed by atoms with Crippen molar-refractivity contribution in [2.24, 2.45) is 5.92 Å². The van der Waals surface area contributed by atoms with E-state index in [9.17, 15) is 4.79 Å². The highest BCUT2D eigenvalue weighted by Crippen LogP contribution is 2.54. The topological polar surface area (TPSA) is 54.5 Å². The summed E-state index contributed by atoms with van der Waals surface area (Å²) < 4.78 is 6.98. The van der Waals surface area contributed by atoms with Crippen molar-refractivity contribution in [2.75, 3.05) is 18.4 Å². The third-order valence-corrected chi connectivity index (χ3v) is 9.62. The van der Waals surface area contributed by atoms with Crippen molar-refractivity contribution in [3.63, 3.8) is 0 Å². The maximum Gasteiger partial charge on any atom is 0.256 e. The Morgan fingerprint density at radius 1 is 1.00 bits per heavy atom. The highest BCUT2D eigenvalue weighted by molar-refractivity contribution is 6.22. The van der Waals surface area contributed by atoms with Gasteiger partial charge in [0.15, 0.2) is 0 Å². The van der Waals surface area contributed by atoms with Gasteiger partial charge in [0.05, 0.1) is 22.8 Å². The highest BCUT2D eigenvalue weighted by Gasteiger charge is 2.58. The number of ether oxygens (including phenoxy) is 1. The number of fused-ring (bicyclic) bond motifs is 5. The van der Waals surface area contributed by atoms with Crippen molar-refractivity contribution in [1.82, 2.24) is 9.88 Å². The Morgan fingerprint density at radius 3 is 2.49 bits per heavy atom. The minimum Gasteiger partial charge on any atom is -0.364 e. The van der Waals surface area contributed by atoms with Crippen molar-refractivity contribution in [1.29, 1.82) is 0 Å². The van der Waals surface area contributed by atoms with Crippen LogP contribution in [0.1, 0.15) is 48.2 Å². The van der Waals surface area contributed by atoms with Crippen LogP contribution in [0.3, 0.4) is 0 Å². The zero-order valence-corrected chi connectivity index (χ0v) is 22.1. The lowest BCUT2D eigenvalue weighted by Gasteiger charge is -2.64. The molecule has 1 unspecified atom stereocenters. The normalized spacial score (nSPS) is 27.4. The van der Waals surface area contributed by atoms with Crippen molar-refractivity contribution >= 4 is 44.0 Å². The first kappa shape index (κ1) is 23.1. The number of nitrogens with zero attached hydrogens (tertiary/aromatic N) is 2. The highest BCUT2D eigenvalue weighted by atomic mass is 16.5. The van der Waals surface area contributed by atoms with Gasteiger partial charge in [-0.25, -0.2) is 0 Å². The van der Waals surface area contributed by atoms with E-state index in [1.165, 1.54) is 24.9 Å². The average Bonchev–Trinajstić information content (AvgIpc) is 2.99. The summed E-state index contributed by atoms with van der Waals surface area (Å²) in [6, 6.07) is 26.9. The Morgan fingerprint density at radius 2 is 1.77 bits per heavy atom. The molecule has 0 radical (unpaired) electrons. The predicted octanol–water partition coefficient (Wildman–Crippen LogP) is 7.11. The molecule has 39 heavy (non-hydrogen) atoms. The summed E-state index contributed by atoms with van der Waals surface area (Å²) in [6.07, 6.45) is 5.41. The number of aromatic nitrogens is 1. The van der Waals surface area contributed by atoms with E-state index >= 15 is 0 Å². The minimum absolute atomic E-state index is 0.0220. The van der Waals surface area contributed by atoms with Gasteiger partial charge in [-0.15, -0.1) is 0 Å². The number of benzene rings is 4. The standard InChI is InChI=1S/C34H31N3O2/c1-2-34-20-37-16-14-23(34)18-30(37)32(39-34)27-13-15-35-29-12-11-24(19-28(27)29)36-33(38)31-25-9-5-3-7-21(25)17-22-8-4-6-10-26(22)31/h3-13,15,17,19,23,30,32H,2,14,16,18,20H2,1H3,(H,36,38)/t23-,30+,32-,34-/m0/s1. The van der Waals surface area contributed by atoms with E-state index in [-0.39, 0.29) is 17.6 Å². The molecule has 5 heteroatoms. The molecule has 5 aromatic rings. The number of pyridine rings is 1. The lowest BCUT2D eigenvalue weighted by atomic mass is 9.66. The van der Waals surface area contributed by atoms with Gasteiger partial charge in [0.1, 0.15) is 0 Å². The van der Waals surface area contributed by atoms with Gasteiger partial charge in [-0.3, -0.25) is 14.7 Å². The van der Waals surface area contributed by atoms with Gasteiger partial charge in [-0.1, -0.05) is 55.5 Å². The van der Waals surface area contributed by atoms with E-state index in [2.05, 4.69) is 52.5 Å². The van der Waals surface area contributed by atoms with Gasteiger partial charge in [-0.2, -0.15) is 0 Å². The number of carbonyl (C=O) groups is 1. The lowest BCUT2D eigenvalue weighted by molar-refractivity contribution is -0.274. The van der Waals surface area contributed by atoms with Gasteiger partial charge in [0, 0.05) is 29.9 Å². The molecule has 1 aromatic heterocycles. The molecular weight excluding hydrogens is 482 g/mol. The van der Waals surface area contributed by atoms with Crippen LogP contribution in [-0.4, -0.2) is 40.5 Å². The number of amides is 1. The Labute approximate surface area is 227 Å². The lowest BCUT2D eigenvalue weighted by Crippen LogP contribution is -2.70. The van der Waals surface area contributed by atoms with Gasteiger partial charge in [-0.05, 0) is 89.2 Å². The summed E-state index contributed by atoms with van der Waals surface area (Å²) in [5.74, 6) is 0.557. The third-order valence-electron chi connectivity index (χ3n) is 9.62. The number of piperidine rings is 3. The van der Waals surface area contributed by atoms with Gasteiger partial charge < -0.3 is 10.1 Å². The number of hydrogen-bond acceptors (Lipinski definition) is 4. The molecule has 4 aromatic carbocycles. The van der Waals surface area contributed by atoms with E-state index < -0.39 is 0 Å². The Hall–Kier alpha value is -3.80. The van der Waals surface area contributed by atoms with Crippen LogP contribution in [0.25, 0.3) is 32.4 Å². The molecule has 5 aliphatic rings. The van der Waals surface area contributed by atoms with E-state index in [0.717, 1.165) is 51.1 Å². The van der Waals surface area contributed by atoms with E-state index in [1.54, 1.807) is 0 Å². The molecular formula is C34H31N3O2. The summed E-state index contributed by atoms with van der Waals surface area (Å²) in [5, 5.41) is 8.31. The Bertz CT molecular complexity index is 1730. The summed E-state index contributed by atoms with van der Waals surface area (Å²) >= 11 is 0. The molecule has 6 heterocycles. The quantitative estimate of drug-likeness (QED) is 0.260. The van der Waals surface area contributed by atoms with Crippen LogP contribution in [0.4, 0.5) is 5.69 Å². The molecule has 10 rings (SSSR count). The molecule has 194 valence electrons. The van der Waals surface area contributed by atoms with Crippen molar-refractivity contribution in [2.45, 2.75) is 43.9 Å².